The normalized spacial score (nSPS) is 13.5. The Bertz CT molecular complexity index is 135. The molecule has 0 bridgehead atoms. The molecule has 0 rings (SSSR count). The van der Waals surface area contributed by atoms with Crippen LogP contribution < -0.4 is 0 Å². The Morgan fingerprint density at radius 1 is 1.36 bits per heavy atom. The lowest BCUT2D eigenvalue weighted by Crippen LogP contribution is -2.34. The molecule has 2 nitrogen and oxygen atoms in total. The van der Waals surface area contributed by atoms with Gasteiger partial charge in [-0.15, -0.1) is 0 Å². The minimum absolute atomic E-state index is 0.0578. The zero-order chi connectivity index (χ0) is 8.85. The van der Waals surface area contributed by atoms with Crippen molar-refractivity contribution in [2.75, 3.05) is 13.1 Å². The van der Waals surface area contributed by atoms with Crippen molar-refractivity contribution in [3.63, 3.8) is 0 Å². The van der Waals surface area contributed by atoms with Gasteiger partial charge in [-0.3, -0.25) is 4.90 Å². The summed E-state index contributed by atoms with van der Waals surface area (Å²) in [6.45, 7) is 10.4. The monoisotopic (exact) mass is 154 g/mol. The summed E-state index contributed by atoms with van der Waals surface area (Å²) in [6.07, 6.45) is 0. The van der Waals surface area contributed by atoms with E-state index in [1.165, 1.54) is 0 Å². The molecule has 0 saturated heterocycles. The molecule has 0 amide bonds. The van der Waals surface area contributed by atoms with Crippen LogP contribution in [-0.2, 0) is 0 Å². The van der Waals surface area contributed by atoms with Crippen molar-refractivity contribution in [1.29, 1.82) is 5.26 Å². The fourth-order valence-corrected chi connectivity index (χ4v) is 1.11. The summed E-state index contributed by atoms with van der Waals surface area (Å²) in [5.41, 5.74) is 0. The van der Waals surface area contributed by atoms with E-state index in [4.69, 9.17) is 5.26 Å². The lowest BCUT2D eigenvalue weighted by atomic mass is 10.2. The molecule has 1 unspecified atom stereocenters. The number of nitriles is 1. The lowest BCUT2D eigenvalue weighted by Gasteiger charge is -2.24. The van der Waals surface area contributed by atoms with Crippen LogP contribution in [0.2, 0.25) is 0 Å². The van der Waals surface area contributed by atoms with E-state index < -0.39 is 0 Å². The van der Waals surface area contributed by atoms with Crippen LogP contribution in [0, 0.1) is 17.2 Å². The molecule has 0 aliphatic rings. The van der Waals surface area contributed by atoms with Crippen LogP contribution in [0.1, 0.15) is 27.7 Å². The van der Waals surface area contributed by atoms with Crippen LogP contribution in [0.4, 0.5) is 0 Å². The molecule has 0 aromatic rings. The van der Waals surface area contributed by atoms with Gasteiger partial charge in [-0.2, -0.15) is 5.26 Å². The maximum Gasteiger partial charge on any atom is 0.0949 e. The van der Waals surface area contributed by atoms with Gasteiger partial charge in [0.1, 0.15) is 0 Å². The molecule has 64 valence electrons. The van der Waals surface area contributed by atoms with Gasteiger partial charge in [-0.05, 0) is 19.4 Å². The summed E-state index contributed by atoms with van der Waals surface area (Å²) < 4.78 is 0. The first-order chi connectivity index (χ1) is 5.11. The van der Waals surface area contributed by atoms with E-state index in [9.17, 15) is 0 Å². The van der Waals surface area contributed by atoms with E-state index >= 15 is 0 Å². The van der Waals surface area contributed by atoms with E-state index in [1.807, 2.05) is 6.92 Å². The number of hydrogen-bond donors (Lipinski definition) is 0. The van der Waals surface area contributed by atoms with Crippen molar-refractivity contribution in [2.24, 2.45) is 5.92 Å². The fourth-order valence-electron chi connectivity index (χ4n) is 1.11. The van der Waals surface area contributed by atoms with Crippen LogP contribution in [0.3, 0.4) is 0 Å². The van der Waals surface area contributed by atoms with E-state index in [0.29, 0.717) is 5.92 Å². The molecule has 0 heterocycles. The molecule has 0 spiro atoms. The quantitative estimate of drug-likeness (QED) is 0.618. The zero-order valence-corrected chi connectivity index (χ0v) is 7.96. The molecule has 2 heteroatoms. The SMILES string of the molecule is CCN(CC(C)C)C(C)C#N. The Balaban J connectivity index is 3.87. The second kappa shape index (κ2) is 5.15. The zero-order valence-electron chi connectivity index (χ0n) is 7.96. The summed E-state index contributed by atoms with van der Waals surface area (Å²) in [6, 6.07) is 2.30. The van der Waals surface area contributed by atoms with Crippen molar-refractivity contribution in [3.8, 4) is 6.07 Å². The first-order valence-electron chi connectivity index (χ1n) is 4.25. The molecule has 11 heavy (non-hydrogen) atoms. The minimum Gasteiger partial charge on any atom is -0.288 e. The van der Waals surface area contributed by atoms with Crippen LogP contribution in [-0.4, -0.2) is 24.0 Å². The third-order valence-electron chi connectivity index (χ3n) is 1.74. The average Bonchev–Trinajstić information content (AvgIpc) is 1.98. The van der Waals surface area contributed by atoms with Crippen molar-refractivity contribution in [2.45, 2.75) is 33.7 Å². The van der Waals surface area contributed by atoms with Crippen molar-refractivity contribution in [1.82, 2.24) is 4.90 Å². The Hall–Kier alpha value is -0.550. The number of hydrogen-bond acceptors (Lipinski definition) is 2. The van der Waals surface area contributed by atoms with Crippen LogP contribution in [0.5, 0.6) is 0 Å². The van der Waals surface area contributed by atoms with Gasteiger partial charge in [-0.25, -0.2) is 0 Å². The second-order valence-electron chi connectivity index (χ2n) is 3.29. The third kappa shape index (κ3) is 4.00. The van der Waals surface area contributed by atoms with Crippen LogP contribution in [0.25, 0.3) is 0 Å². The smallest absolute Gasteiger partial charge is 0.0949 e. The predicted molar refractivity (Wildman–Crippen MR) is 47.2 cm³/mol. The first kappa shape index (κ1) is 10.4. The summed E-state index contributed by atoms with van der Waals surface area (Å²) in [5, 5.41) is 8.66. The van der Waals surface area contributed by atoms with Crippen molar-refractivity contribution >= 4 is 0 Å². The average molecular weight is 154 g/mol. The molecule has 0 radical (unpaired) electrons. The highest BCUT2D eigenvalue weighted by Crippen LogP contribution is 2.02. The maximum atomic E-state index is 8.66. The minimum atomic E-state index is 0.0578. The Morgan fingerprint density at radius 2 is 1.91 bits per heavy atom. The van der Waals surface area contributed by atoms with E-state index in [0.717, 1.165) is 13.1 Å². The molecule has 0 saturated carbocycles. The van der Waals surface area contributed by atoms with Gasteiger partial charge in [0.05, 0.1) is 12.1 Å². The maximum absolute atomic E-state index is 8.66. The van der Waals surface area contributed by atoms with Gasteiger partial charge in [0, 0.05) is 6.54 Å². The Kier molecular flexibility index (Phi) is 4.89. The number of nitrogens with zero attached hydrogens (tertiary/aromatic N) is 2. The van der Waals surface area contributed by atoms with Crippen LogP contribution in [0.15, 0.2) is 0 Å². The van der Waals surface area contributed by atoms with Crippen molar-refractivity contribution in [3.05, 3.63) is 0 Å². The molecule has 0 aromatic heterocycles. The Morgan fingerprint density at radius 3 is 2.18 bits per heavy atom. The molecule has 1 atom stereocenters. The van der Waals surface area contributed by atoms with E-state index in [-0.39, 0.29) is 6.04 Å². The molecule has 0 fully saturated rings. The highest BCUT2D eigenvalue weighted by atomic mass is 15.1. The molecular weight excluding hydrogens is 136 g/mol. The largest absolute Gasteiger partial charge is 0.288 e. The van der Waals surface area contributed by atoms with Gasteiger partial charge in [0.25, 0.3) is 0 Å². The van der Waals surface area contributed by atoms with Gasteiger partial charge < -0.3 is 0 Å². The highest BCUT2D eigenvalue weighted by molar-refractivity contribution is 4.87. The van der Waals surface area contributed by atoms with Gasteiger partial charge in [-0.1, -0.05) is 20.8 Å². The lowest BCUT2D eigenvalue weighted by molar-refractivity contribution is 0.230. The molecule has 0 aliphatic carbocycles. The van der Waals surface area contributed by atoms with Gasteiger partial charge in [0.2, 0.25) is 0 Å². The molecular formula is C9H18N2. The molecule has 0 N–H and O–H groups in total. The Labute approximate surface area is 69.8 Å². The standard InChI is InChI=1S/C9H18N2/c1-5-11(7-8(2)3)9(4)6-10/h8-9H,5,7H2,1-4H3. The summed E-state index contributed by atoms with van der Waals surface area (Å²) >= 11 is 0. The van der Waals surface area contributed by atoms with E-state index in [2.05, 4.69) is 31.7 Å². The number of rotatable bonds is 4. The first-order valence-corrected chi connectivity index (χ1v) is 4.25. The topological polar surface area (TPSA) is 27.0 Å². The highest BCUT2D eigenvalue weighted by Gasteiger charge is 2.11. The van der Waals surface area contributed by atoms with E-state index in [1.54, 1.807) is 0 Å². The van der Waals surface area contributed by atoms with Gasteiger partial charge in [0.15, 0.2) is 0 Å². The third-order valence-corrected chi connectivity index (χ3v) is 1.74. The molecule has 0 aromatic carbocycles. The van der Waals surface area contributed by atoms with Gasteiger partial charge >= 0.3 is 0 Å². The van der Waals surface area contributed by atoms with Crippen LogP contribution >= 0.6 is 0 Å². The summed E-state index contributed by atoms with van der Waals surface area (Å²) in [5.74, 6) is 0.644. The second-order valence-corrected chi connectivity index (χ2v) is 3.29. The van der Waals surface area contributed by atoms with Crippen molar-refractivity contribution < 1.29 is 0 Å². The predicted octanol–water partition coefficient (Wildman–Crippen LogP) is 1.88. The molecule has 0 aliphatic heterocycles. The summed E-state index contributed by atoms with van der Waals surface area (Å²) in [7, 11) is 0. The fraction of sp³-hybridized carbons (Fsp3) is 0.889. The summed E-state index contributed by atoms with van der Waals surface area (Å²) in [4.78, 5) is 2.19.